The number of nitrogens with one attached hydrogen (secondary N) is 1. The van der Waals surface area contributed by atoms with Gasteiger partial charge in [-0.15, -0.1) is 0 Å². The Balaban J connectivity index is 2.40. The van der Waals surface area contributed by atoms with Crippen LogP contribution in [0, 0.1) is 0 Å². The van der Waals surface area contributed by atoms with Crippen LogP contribution in [-0.2, 0) is 11.2 Å². The van der Waals surface area contributed by atoms with Gasteiger partial charge in [-0.1, -0.05) is 12.1 Å². The Morgan fingerprint density at radius 3 is 2.94 bits per heavy atom. The molecule has 1 aromatic carbocycles. The normalized spacial score (nSPS) is 11.9. The van der Waals surface area contributed by atoms with Crippen molar-refractivity contribution in [3.8, 4) is 5.75 Å². The lowest BCUT2D eigenvalue weighted by molar-refractivity contribution is -0.128. The third kappa shape index (κ3) is 3.90. The van der Waals surface area contributed by atoms with Crippen LogP contribution in [-0.4, -0.2) is 30.8 Å². The quantitative estimate of drug-likeness (QED) is 0.774. The molecule has 0 saturated heterocycles. The molecule has 88 valence electrons. The third-order valence-corrected chi connectivity index (χ3v) is 2.23. The summed E-state index contributed by atoms with van der Waals surface area (Å²) in [4.78, 5) is 11.1. The lowest BCUT2D eigenvalue weighted by Gasteiger charge is -2.07. The number of carbonyl (C=O) groups excluding carboxylic acids is 1. The summed E-state index contributed by atoms with van der Waals surface area (Å²) in [6, 6.07) is 7.67. The molecule has 0 spiro atoms. The van der Waals surface area contributed by atoms with E-state index < -0.39 is 6.10 Å². The number of rotatable bonds is 5. The van der Waals surface area contributed by atoms with Crippen molar-refractivity contribution in [3.63, 3.8) is 0 Å². The highest BCUT2D eigenvalue weighted by atomic mass is 16.5. The van der Waals surface area contributed by atoms with Gasteiger partial charge in [0.25, 0.3) is 0 Å². The fraction of sp³-hybridized carbons (Fsp3) is 0.417. The van der Waals surface area contributed by atoms with Crippen LogP contribution in [0.15, 0.2) is 24.3 Å². The van der Waals surface area contributed by atoms with Crippen LogP contribution in [0.25, 0.3) is 0 Å². The van der Waals surface area contributed by atoms with Gasteiger partial charge < -0.3 is 15.2 Å². The van der Waals surface area contributed by atoms with Gasteiger partial charge in [0.15, 0.2) is 0 Å². The molecule has 0 aromatic heterocycles. The first-order valence-electron chi connectivity index (χ1n) is 5.22. The molecule has 0 radical (unpaired) electrons. The molecule has 0 fully saturated rings. The number of carbonyl (C=O) groups is 1. The van der Waals surface area contributed by atoms with Crippen LogP contribution in [0.2, 0.25) is 0 Å². The molecule has 0 aliphatic rings. The number of methoxy groups -OCH3 is 1. The first kappa shape index (κ1) is 12.5. The molecule has 0 aliphatic carbocycles. The lowest BCUT2D eigenvalue weighted by atomic mass is 10.1. The smallest absolute Gasteiger partial charge is 0.248 e. The van der Waals surface area contributed by atoms with E-state index in [2.05, 4.69) is 5.32 Å². The molecule has 1 rings (SSSR count). The maximum atomic E-state index is 11.1. The Morgan fingerprint density at radius 2 is 2.31 bits per heavy atom. The van der Waals surface area contributed by atoms with Crippen molar-refractivity contribution >= 4 is 5.91 Å². The Kier molecular flexibility index (Phi) is 4.79. The van der Waals surface area contributed by atoms with Crippen molar-refractivity contribution in [2.24, 2.45) is 0 Å². The van der Waals surface area contributed by atoms with Crippen LogP contribution in [0.1, 0.15) is 12.5 Å². The zero-order valence-electron chi connectivity index (χ0n) is 9.56. The summed E-state index contributed by atoms with van der Waals surface area (Å²) >= 11 is 0. The van der Waals surface area contributed by atoms with Crippen molar-refractivity contribution in [2.45, 2.75) is 19.4 Å². The summed E-state index contributed by atoms with van der Waals surface area (Å²) in [5.41, 5.74) is 1.09. The molecular formula is C12H17NO3. The highest BCUT2D eigenvalue weighted by Gasteiger charge is 2.06. The second-order valence-electron chi connectivity index (χ2n) is 3.57. The molecule has 0 saturated carbocycles. The molecule has 0 heterocycles. The van der Waals surface area contributed by atoms with Crippen molar-refractivity contribution in [3.05, 3.63) is 29.8 Å². The van der Waals surface area contributed by atoms with Crippen LogP contribution in [0.5, 0.6) is 5.75 Å². The zero-order chi connectivity index (χ0) is 12.0. The molecule has 1 aromatic rings. The summed E-state index contributed by atoms with van der Waals surface area (Å²) in [5.74, 6) is 0.460. The van der Waals surface area contributed by atoms with Gasteiger partial charge in [-0.3, -0.25) is 4.79 Å². The van der Waals surface area contributed by atoms with Crippen LogP contribution < -0.4 is 10.1 Å². The summed E-state index contributed by atoms with van der Waals surface area (Å²) < 4.78 is 5.09. The van der Waals surface area contributed by atoms with Crippen molar-refractivity contribution in [2.75, 3.05) is 13.7 Å². The molecule has 2 N–H and O–H groups in total. The van der Waals surface area contributed by atoms with Gasteiger partial charge in [0.1, 0.15) is 11.9 Å². The summed E-state index contributed by atoms with van der Waals surface area (Å²) in [6.45, 7) is 1.96. The first-order chi connectivity index (χ1) is 7.63. The van der Waals surface area contributed by atoms with E-state index in [1.165, 1.54) is 6.92 Å². The number of benzene rings is 1. The van der Waals surface area contributed by atoms with E-state index in [-0.39, 0.29) is 5.91 Å². The monoisotopic (exact) mass is 223 g/mol. The van der Waals surface area contributed by atoms with Gasteiger partial charge >= 0.3 is 0 Å². The van der Waals surface area contributed by atoms with E-state index in [4.69, 9.17) is 9.84 Å². The molecule has 1 amide bonds. The van der Waals surface area contributed by atoms with Gasteiger partial charge in [0.05, 0.1) is 7.11 Å². The largest absolute Gasteiger partial charge is 0.497 e. The number of ether oxygens (including phenoxy) is 1. The maximum Gasteiger partial charge on any atom is 0.248 e. The Morgan fingerprint density at radius 1 is 1.56 bits per heavy atom. The fourth-order valence-electron chi connectivity index (χ4n) is 1.31. The van der Waals surface area contributed by atoms with Gasteiger partial charge in [0.2, 0.25) is 5.91 Å². The fourth-order valence-corrected chi connectivity index (χ4v) is 1.31. The summed E-state index contributed by atoms with van der Waals surface area (Å²) in [7, 11) is 1.62. The second kappa shape index (κ2) is 6.12. The molecule has 4 nitrogen and oxygen atoms in total. The molecule has 4 heteroatoms. The molecule has 0 aliphatic heterocycles. The Bertz CT molecular complexity index is 350. The minimum absolute atomic E-state index is 0.345. The number of aliphatic hydroxyl groups excluding tert-OH is 1. The van der Waals surface area contributed by atoms with Crippen molar-refractivity contribution in [1.29, 1.82) is 0 Å². The lowest BCUT2D eigenvalue weighted by Crippen LogP contribution is -2.33. The van der Waals surface area contributed by atoms with E-state index >= 15 is 0 Å². The standard InChI is InChI=1S/C12H17NO3/c1-9(14)12(15)13-7-6-10-4-3-5-11(8-10)16-2/h3-5,8-9,14H,6-7H2,1-2H3,(H,13,15). The van der Waals surface area contributed by atoms with E-state index in [1.54, 1.807) is 7.11 Å². The average molecular weight is 223 g/mol. The molecule has 16 heavy (non-hydrogen) atoms. The molecular weight excluding hydrogens is 206 g/mol. The van der Waals surface area contributed by atoms with Gasteiger partial charge in [-0.05, 0) is 31.0 Å². The molecule has 1 atom stereocenters. The topological polar surface area (TPSA) is 58.6 Å². The zero-order valence-corrected chi connectivity index (χ0v) is 9.56. The van der Waals surface area contributed by atoms with E-state index in [1.807, 2.05) is 24.3 Å². The third-order valence-electron chi connectivity index (χ3n) is 2.23. The van der Waals surface area contributed by atoms with Crippen molar-refractivity contribution in [1.82, 2.24) is 5.32 Å². The Hall–Kier alpha value is -1.55. The molecule has 1 unspecified atom stereocenters. The minimum Gasteiger partial charge on any atom is -0.497 e. The molecule has 0 bridgehead atoms. The summed E-state index contributed by atoms with van der Waals surface area (Å²) in [5, 5.41) is 11.6. The van der Waals surface area contributed by atoms with Crippen LogP contribution in [0.4, 0.5) is 0 Å². The van der Waals surface area contributed by atoms with Crippen molar-refractivity contribution < 1.29 is 14.6 Å². The maximum absolute atomic E-state index is 11.1. The predicted molar refractivity (Wildman–Crippen MR) is 61.4 cm³/mol. The number of amides is 1. The summed E-state index contributed by atoms with van der Waals surface area (Å²) in [6.07, 6.45) is -0.236. The van der Waals surface area contributed by atoms with E-state index in [0.717, 1.165) is 17.7 Å². The average Bonchev–Trinajstić information content (AvgIpc) is 2.29. The predicted octanol–water partition coefficient (Wildman–Crippen LogP) is 0.735. The second-order valence-corrected chi connectivity index (χ2v) is 3.57. The van der Waals surface area contributed by atoms with E-state index in [0.29, 0.717) is 6.54 Å². The van der Waals surface area contributed by atoms with Gasteiger partial charge in [0, 0.05) is 6.54 Å². The first-order valence-corrected chi connectivity index (χ1v) is 5.22. The van der Waals surface area contributed by atoms with Gasteiger partial charge in [-0.2, -0.15) is 0 Å². The highest BCUT2D eigenvalue weighted by Crippen LogP contribution is 2.12. The van der Waals surface area contributed by atoms with Crippen LogP contribution in [0.3, 0.4) is 0 Å². The number of hydrogen-bond acceptors (Lipinski definition) is 3. The number of hydrogen-bond donors (Lipinski definition) is 2. The van der Waals surface area contributed by atoms with Crippen LogP contribution >= 0.6 is 0 Å². The SMILES string of the molecule is COc1cccc(CCNC(=O)C(C)O)c1. The van der Waals surface area contributed by atoms with E-state index in [9.17, 15) is 4.79 Å². The minimum atomic E-state index is -0.953. The van der Waals surface area contributed by atoms with Gasteiger partial charge in [-0.25, -0.2) is 0 Å². The Labute approximate surface area is 95.2 Å². The number of aliphatic hydroxyl groups is 1. The highest BCUT2D eigenvalue weighted by molar-refractivity contribution is 5.79.